The van der Waals surface area contributed by atoms with Crippen molar-refractivity contribution in [3.05, 3.63) is 77.9 Å². The van der Waals surface area contributed by atoms with E-state index in [0.717, 1.165) is 12.3 Å². The Balaban J connectivity index is 2.15. The topological polar surface area (TPSA) is 63.8 Å². The molecule has 8 heteroatoms. The first-order chi connectivity index (χ1) is 11.9. The van der Waals surface area contributed by atoms with E-state index in [9.17, 15) is 18.3 Å². The van der Waals surface area contributed by atoms with Crippen LogP contribution >= 0.6 is 0 Å². The zero-order valence-corrected chi connectivity index (χ0v) is 13.3. The van der Waals surface area contributed by atoms with Crippen molar-refractivity contribution in [2.24, 2.45) is 0 Å². The first kappa shape index (κ1) is 17.1. The Morgan fingerprint density at radius 1 is 1.16 bits per heavy atom. The SMILES string of the molecule is CC(c1ccncc1F)C(O)(Cn1cncn1)c1cccc(F)c1F. The molecule has 0 aliphatic rings. The van der Waals surface area contributed by atoms with Gasteiger partial charge in [0.2, 0.25) is 0 Å². The smallest absolute Gasteiger partial charge is 0.164 e. The average Bonchev–Trinajstić information content (AvgIpc) is 3.09. The first-order valence-corrected chi connectivity index (χ1v) is 7.52. The van der Waals surface area contributed by atoms with E-state index in [4.69, 9.17) is 0 Å². The van der Waals surface area contributed by atoms with Crippen LogP contribution in [-0.4, -0.2) is 24.9 Å². The summed E-state index contributed by atoms with van der Waals surface area (Å²) in [6.45, 7) is 1.29. The van der Waals surface area contributed by atoms with Crippen LogP contribution < -0.4 is 0 Å². The molecule has 5 nitrogen and oxygen atoms in total. The second-order valence-corrected chi connectivity index (χ2v) is 5.74. The molecule has 1 N–H and O–H groups in total. The van der Waals surface area contributed by atoms with E-state index in [-0.39, 0.29) is 17.7 Å². The lowest BCUT2D eigenvalue weighted by Crippen LogP contribution is -2.38. The quantitative estimate of drug-likeness (QED) is 0.770. The molecule has 0 fully saturated rings. The highest BCUT2D eigenvalue weighted by Gasteiger charge is 2.41. The van der Waals surface area contributed by atoms with Crippen LogP contribution in [-0.2, 0) is 12.1 Å². The number of pyridine rings is 1. The molecule has 2 heterocycles. The van der Waals surface area contributed by atoms with Crippen LogP contribution in [0.2, 0.25) is 0 Å². The number of halogens is 3. The van der Waals surface area contributed by atoms with Crippen LogP contribution in [0.4, 0.5) is 13.2 Å². The van der Waals surface area contributed by atoms with Gasteiger partial charge in [-0.1, -0.05) is 19.1 Å². The Bertz CT molecular complexity index is 872. The fourth-order valence-corrected chi connectivity index (χ4v) is 2.85. The molecule has 3 rings (SSSR count). The van der Waals surface area contributed by atoms with E-state index >= 15 is 0 Å². The van der Waals surface area contributed by atoms with Crippen molar-refractivity contribution in [3.63, 3.8) is 0 Å². The minimum Gasteiger partial charge on any atom is -0.382 e. The maximum Gasteiger partial charge on any atom is 0.164 e. The molecule has 0 amide bonds. The third kappa shape index (κ3) is 3.12. The van der Waals surface area contributed by atoms with Crippen LogP contribution in [0, 0.1) is 17.5 Å². The Hall–Kier alpha value is -2.74. The maximum atomic E-state index is 14.4. The molecule has 0 aliphatic heterocycles. The summed E-state index contributed by atoms with van der Waals surface area (Å²) in [5.41, 5.74) is -2.13. The summed E-state index contributed by atoms with van der Waals surface area (Å²) in [5.74, 6) is -3.86. The lowest BCUT2D eigenvalue weighted by Gasteiger charge is -2.35. The predicted octanol–water partition coefficient (Wildman–Crippen LogP) is 2.78. The summed E-state index contributed by atoms with van der Waals surface area (Å²) in [5, 5.41) is 15.2. The number of aliphatic hydroxyl groups is 1. The second kappa shape index (κ2) is 6.64. The van der Waals surface area contributed by atoms with Crippen molar-refractivity contribution in [1.29, 1.82) is 0 Å². The molecule has 130 valence electrons. The van der Waals surface area contributed by atoms with Crippen LogP contribution in [0.3, 0.4) is 0 Å². The van der Waals surface area contributed by atoms with E-state index in [1.165, 1.54) is 48.7 Å². The molecule has 0 aliphatic carbocycles. The predicted molar refractivity (Wildman–Crippen MR) is 82.9 cm³/mol. The molecular weight excluding hydrogens is 333 g/mol. The van der Waals surface area contributed by atoms with Gasteiger partial charge in [0, 0.05) is 17.7 Å². The number of benzene rings is 1. The Morgan fingerprint density at radius 3 is 2.64 bits per heavy atom. The summed E-state index contributed by atoms with van der Waals surface area (Å²) in [4.78, 5) is 7.45. The summed E-state index contributed by atoms with van der Waals surface area (Å²) in [7, 11) is 0. The van der Waals surface area contributed by atoms with Crippen molar-refractivity contribution in [1.82, 2.24) is 19.7 Å². The van der Waals surface area contributed by atoms with Crippen LogP contribution in [0.25, 0.3) is 0 Å². The minimum atomic E-state index is -1.97. The highest BCUT2D eigenvalue weighted by molar-refractivity contribution is 5.32. The molecule has 3 aromatic rings. The van der Waals surface area contributed by atoms with Gasteiger partial charge in [0.1, 0.15) is 24.1 Å². The Labute approximate surface area is 141 Å². The van der Waals surface area contributed by atoms with Gasteiger partial charge in [-0.2, -0.15) is 5.10 Å². The van der Waals surface area contributed by atoms with Gasteiger partial charge in [-0.05, 0) is 17.7 Å². The van der Waals surface area contributed by atoms with E-state index in [1.54, 1.807) is 0 Å². The van der Waals surface area contributed by atoms with Crippen molar-refractivity contribution in [2.75, 3.05) is 0 Å². The van der Waals surface area contributed by atoms with Gasteiger partial charge in [-0.3, -0.25) is 4.98 Å². The summed E-state index contributed by atoms with van der Waals surface area (Å²) in [6, 6.07) is 4.90. The van der Waals surface area contributed by atoms with Crippen molar-refractivity contribution >= 4 is 0 Å². The molecule has 2 atom stereocenters. The summed E-state index contributed by atoms with van der Waals surface area (Å²) in [6.07, 6.45) is 4.95. The standard InChI is InChI=1S/C17H15F3N4O/c1-11(12-5-6-21-7-15(12)19)17(25,8-24-10-22-9-23-24)13-3-2-4-14(18)16(13)20/h2-7,9-11,25H,8H2,1H3. The molecule has 25 heavy (non-hydrogen) atoms. The normalized spacial score (nSPS) is 14.9. The van der Waals surface area contributed by atoms with E-state index < -0.39 is 29.0 Å². The second-order valence-electron chi connectivity index (χ2n) is 5.74. The Kier molecular flexibility index (Phi) is 4.54. The van der Waals surface area contributed by atoms with E-state index in [2.05, 4.69) is 15.1 Å². The van der Waals surface area contributed by atoms with Gasteiger partial charge in [0.05, 0.1) is 12.7 Å². The molecule has 0 spiro atoms. The average molecular weight is 348 g/mol. The molecule has 0 saturated carbocycles. The molecule has 0 bridgehead atoms. The maximum absolute atomic E-state index is 14.4. The van der Waals surface area contributed by atoms with Crippen molar-refractivity contribution in [3.8, 4) is 0 Å². The van der Waals surface area contributed by atoms with Gasteiger partial charge in [-0.25, -0.2) is 22.8 Å². The fraction of sp³-hybridized carbons (Fsp3) is 0.235. The number of hydrogen-bond acceptors (Lipinski definition) is 4. The highest BCUT2D eigenvalue weighted by Crippen LogP contribution is 2.40. The molecule has 0 saturated heterocycles. The zero-order chi connectivity index (χ0) is 18.0. The number of rotatable bonds is 5. The molecule has 1 aromatic carbocycles. The van der Waals surface area contributed by atoms with E-state index in [1.807, 2.05) is 0 Å². The minimum absolute atomic E-state index is 0.126. The molecule has 2 unspecified atom stereocenters. The molecular formula is C17H15F3N4O. The lowest BCUT2D eigenvalue weighted by molar-refractivity contribution is -0.0126. The van der Waals surface area contributed by atoms with E-state index in [0.29, 0.717) is 0 Å². The fourth-order valence-electron chi connectivity index (χ4n) is 2.85. The zero-order valence-electron chi connectivity index (χ0n) is 13.3. The monoisotopic (exact) mass is 348 g/mol. The number of hydrogen-bond donors (Lipinski definition) is 1. The molecule has 2 aromatic heterocycles. The van der Waals surface area contributed by atoms with Gasteiger partial charge in [-0.15, -0.1) is 0 Å². The lowest BCUT2D eigenvalue weighted by atomic mass is 9.78. The third-order valence-electron chi connectivity index (χ3n) is 4.27. The third-order valence-corrected chi connectivity index (χ3v) is 4.27. The van der Waals surface area contributed by atoms with Gasteiger partial charge in [0.25, 0.3) is 0 Å². The largest absolute Gasteiger partial charge is 0.382 e. The van der Waals surface area contributed by atoms with Gasteiger partial charge >= 0.3 is 0 Å². The van der Waals surface area contributed by atoms with Crippen LogP contribution in [0.1, 0.15) is 24.0 Å². The first-order valence-electron chi connectivity index (χ1n) is 7.52. The van der Waals surface area contributed by atoms with Crippen molar-refractivity contribution in [2.45, 2.75) is 25.0 Å². The highest BCUT2D eigenvalue weighted by atomic mass is 19.2. The van der Waals surface area contributed by atoms with Gasteiger partial charge in [0.15, 0.2) is 11.6 Å². The summed E-state index contributed by atoms with van der Waals surface area (Å²) < 4.78 is 43.6. The van der Waals surface area contributed by atoms with Crippen LogP contribution in [0.5, 0.6) is 0 Å². The Morgan fingerprint density at radius 2 is 1.96 bits per heavy atom. The van der Waals surface area contributed by atoms with Crippen LogP contribution in [0.15, 0.2) is 49.3 Å². The number of aromatic nitrogens is 4. The summed E-state index contributed by atoms with van der Waals surface area (Å²) >= 11 is 0. The van der Waals surface area contributed by atoms with Crippen molar-refractivity contribution < 1.29 is 18.3 Å². The molecule has 0 radical (unpaired) electrons. The van der Waals surface area contributed by atoms with Gasteiger partial charge < -0.3 is 5.11 Å². The number of nitrogens with zero attached hydrogens (tertiary/aromatic N) is 4.